The smallest absolute Gasteiger partial charge is 0.137 e. The summed E-state index contributed by atoms with van der Waals surface area (Å²) in [4.78, 5) is 4.71. The van der Waals surface area contributed by atoms with Gasteiger partial charge in [0.25, 0.3) is 0 Å². The molecule has 46 heavy (non-hydrogen) atoms. The topological polar surface area (TPSA) is 44.9 Å². The van der Waals surface area contributed by atoms with Crippen LogP contribution in [0.1, 0.15) is 17.0 Å². The van der Waals surface area contributed by atoms with Crippen LogP contribution in [-0.2, 0) is 0 Å². The van der Waals surface area contributed by atoms with Crippen molar-refractivity contribution in [1.82, 2.24) is 19.3 Å². The van der Waals surface area contributed by atoms with Gasteiger partial charge in [0.05, 0.1) is 22.4 Å². The molecule has 8 aromatic rings. The molecular weight excluding hydrogens is 564 g/mol. The van der Waals surface area contributed by atoms with Gasteiger partial charge in [-0.3, -0.25) is 4.57 Å². The Morgan fingerprint density at radius 3 is 2.11 bits per heavy atom. The Hall–Kier alpha value is -5.94. The SMILES string of the molecule is Cc1ccnc(-n2c3ccccc3c3ccc(Oc4cccc(-n5nc(C)c(-c6ccc(-c7ccccc7)cc6)c5C)c4)cc32)c1. The standard InChI is InChI=1S/C41H32N4O/c1-27-22-23-42-40(24-27)44-38-15-8-7-14-36(38)37-21-20-35(26-39(37)44)46-34-13-9-12-33(25-34)45-29(3)41(28(2)43-45)32-18-16-31(17-19-32)30-10-5-4-6-11-30/h4-26H,1-3H3. The molecule has 3 heterocycles. The second-order valence-corrected chi connectivity index (χ2v) is 11.7. The zero-order valence-corrected chi connectivity index (χ0v) is 26.0. The Balaban J connectivity index is 1.13. The predicted molar refractivity (Wildman–Crippen MR) is 187 cm³/mol. The molecule has 0 saturated carbocycles. The molecule has 0 aliphatic rings. The lowest BCUT2D eigenvalue weighted by Gasteiger charge is -2.11. The van der Waals surface area contributed by atoms with Gasteiger partial charge in [-0.1, -0.05) is 78.9 Å². The van der Waals surface area contributed by atoms with Gasteiger partial charge < -0.3 is 4.74 Å². The van der Waals surface area contributed by atoms with E-state index in [0.29, 0.717) is 0 Å². The third kappa shape index (κ3) is 4.83. The van der Waals surface area contributed by atoms with Gasteiger partial charge in [0.15, 0.2) is 0 Å². The summed E-state index contributed by atoms with van der Waals surface area (Å²) in [7, 11) is 0. The second kappa shape index (κ2) is 11.2. The summed E-state index contributed by atoms with van der Waals surface area (Å²) in [6.45, 7) is 6.29. The minimum absolute atomic E-state index is 0.745. The molecule has 0 unspecified atom stereocenters. The molecule has 5 aromatic carbocycles. The van der Waals surface area contributed by atoms with E-state index in [2.05, 4.69) is 122 Å². The molecule has 0 aliphatic heterocycles. The van der Waals surface area contributed by atoms with Gasteiger partial charge in [0.1, 0.15) is 17.3 Å². The molecule has 0 amide bonds. The molecule has 222 valence electrons. The van der Waals surface area contributed by atoms with Crippen LogP contribution in [0, 0.1) is 20.8 Å². The van der Waals surface area contributed by atoms with E-state index >= 15 is 0 Å². The molecule has 0 spiro atoms. The molecule has 5 nitrogen and oxygen atoms in total. The van der Waals surface area contributed by atoms with Gasteiger partial charge >= 0.3 is 0 Å². The monoisotopic (exact) mass is 596 g/mol. The lowest BCUT2D eigenvalue weighted by Crippen LogP contribution is -1.99. The summed E-state index contributed by atoms with van der Waals surface area (Å²) in [6, 6.07) is 46.2. The van der Waals surface area contributed by atoms with Crippen LogP contribution in [0.3, 0.4) is 0 Å². The lowest BCUT2D eigenvalue weighted by atomic mass is 9.99. The molecule has 0 aliphatic carbocycles. The molecule has 0 fully saturated rings. The average Bonchev–Trinajstić information content (AvgIpc) is 3.58. The number of hydrogen-bond acceptors (Lipinski definition) is 3. The number of pyridine rings is 1. The molecule has 0 saturated heterocycles. The molecule has 0 N–H and O–H groups in total. The number of hydrogen-bond donors (Lipinski definition) is 0. The van der Waals surface area contributed by atoms with E-state index in [4.69, 9.17) is 14.8 Å². The van der Waals surface area contributed by atoms with Crippen LogP contribution in [0.5, 0.6) is 11.5 Å². The van der Waals surface area contributed by atoms with Crippen molar-refractivity contribution in [1.29, 1.82) is 0 Å². The Bertz CT molecular complexity index is 2370. The first-order valence-corrected chi connectivity index (χ1v) is 15.5. The first kappa shape index (κ1) is 27.6. The van der Waals surface area contributed by atoms with Gasteiger partial charge in [-0.15, -0.1) is 0 Å². The number of benzene rings is 5. The lowest BCUT2D eigenvalue weighted by molar-refractivity contribution is 0.483. The maximum absolute atomic E-state index is 6.50. The van der Waals surface area contributed by atoms with Crippen LogP contribution >= 0.6 is 0 Å². The summed E-state index contributed by atoms with van der Waals surface area (Å²) in [5.41, 5.74) is 11.1. The van der Waals surface area contributed by atoms with Gasteiger partial charge in [-0.05, 0) is 85.5 Å². The van der Waals surface area contributed by atoms with Gasteiger partial charge in [-0.2, -0.15) is 5.10 Å². The van der Waals surface area contributed by atoms with E-state index in [1.165, 1.54) is 16.5 Å². The molecule has 0 atom stereocenters. The third-order valence-electron chi connectivity index (χ3n) is 8.65. The van der Waals surface area contributed by atoms with E-state index in [1.807, 2.05) is 47.3 Å². The summed E-state index contributed by atoms with van der Waals surface area (Å²) < 4.78 is 10.7. The number of rotatable bonds is 6. The van der Waals surface area contributed by atoms with E-state index in [0.717, 1.165) is 67.5 Å². The van der Waals surface area contributed by atoms with E-state index in [-0.39, 0.29) is 0 Å². The van der Waals surface area contributed by atoms with Crippen LogP contribution in [0.25, 0.3) is 55.6 Å². The molecule has 5 heteroatoms. The van der Waals surface area contributed by atoms with E-state index in [1.54, 1.807) is 0 Å². The highest BCUT2D eigenvalue weighted by molar-refractivity contribution is 6.09. The van der Waals surface area contributed by atoms with Gasteiger partial charge in [-0.25, -0.2) is 9.67 Å². The molecule has 8 rings (SSSR count). The van der Waals surface area contributed by atoms with Crippen molar-refractivity contribution in [3.63, 3.8) is 0 Å². The second-order valence-electron chi connectivity index (χ2n) is 11.7. The first-order valence-electron chi connectivity index (χ1n) is 15.5. The van der Waals surface area contributed by atoms with Crippen LogP contribution < -0.4 is 4.74 Å². The average molecular weight is 597 g/mol. The molecular formula is C41H32N4O. The fraction of sp³-hybridized carbons (Fsp3) is 0.0732. The Morgan fingerprint density at radius 2 is 1.28 bits per heavy atom. The highest BCUT2D eigenvalue weighted by atomic mass is 16.5. The Morgan fingerprint density at radius 1 is 0.565 bits per heavy atom. The molecule has 0 bridgehead atoms. The van der Waals surface area contributed by atoms with Crippen molar-refractivity contribution in [2.45, 2.75) is 20.8 Å². The summed E-state index contributed by atoms with van der Waals surface area (Å²) >= 11 is 0. The van der Waals surface area contributed by atoms with Crippen LogP contribution in [0.15, 0.2) is 140 Å². The largest absolute Gasteiger partial charge is 0.457 e. The van der Waals surface area contributed by atoms with Gasteiger partial charge in [0.2, 0.25) is 0 Å². The van der Waals surface area contributed by atoms with Gasteiger partial charge in [0, 0.05) is 40.4 Å². The number of aryl methyl sites for hydroxylation is 2. The zero-order chi connectivity index (χ0) is 31.2. The maximum atomic E-state index is 6.50. The van der Waals surface area contributed by atoms with Crippen LogP contribution in [0.2, 0.25) is 0 Å². The minimum Gasteiger partial charge on any atom is -0.457 e. The fourth-order valence-corrected chi connectivity index (χ4v) is 6.49. The number of fused-ring (bicyclic) bond motifs is 3. The zero-order valence-electron chi connectivity index (χ0n) is 26.0. The highest BCUT2D eigenvalue weighted by Gasteiger charge is 2.17. The Labute approximate surface area is 268 Å². The quantitative estimate of drug-likeness (QED) is 0.192. The summed E-state index contributed by atoms with van der Waals surface area (Å²) in [5, 5.41) is 7.30. The van der Waals surface area contributed by atoms with Crippen molar-refractivity contribution in [2.75, 3.05) is 0 Å². The number of nitrogens with zero attached hydrogens (tertiary/aromatic N) is 4. The maximum Gasteiger partial charge on any atom is 0.137 e. The number of aromatic nitrogens is 4. The normalized spacial score (nSPS) is 11.4. The first-order chi connectivity index (χ1) is 22.5. The highest BCUT2D eigenvalue weighted by Crippen LogP contribution is 2.36. The minimum atomic E-state index is 0.745. The molecule has 0 radical (unpaired) electrons. The number of ether oxygens (including phenoxy) is 1. The van der Waals surface area contributed by atoms with E-state index in [9.17, 15) is 0 Å². The number of para-hydroxylation sites is 1. The van der Waals surface area contributed by atoms with Crippen molar-refractivity contribution in [2.24, 2.45) is 0 Å². The summed E-state index contributed by atoms with van der Waals surface area (Å²) in [5.74, 6) is 2.39. The van der Waals surface area contributed by atoms with Crippen molar-refractivity contribution >= 4 is 21.8 Å². The van der Waals surface area contributed by atoms with Crippen molar-refractivity contribution in [3.8, 4) is 45.3 Å². The van der Waals surface area contributed by atoms with E-state index < -0.39 is 0 Å². The van der Waals surface area contributed by atoms with Crippen LogP contribution in [0.4, 0.5) is 0 Å². The fourth-order valence-electron chi connectivity index (χ4n) is 6.49. The third-order valence-corrected chi connectivity index (χ3v) is 8.65. The predicted octanol–water partition coefficient (Wildman–Crippen LogP) is 10.4. The van der Waals surface area contributed by atoms with Crippen LogP contribution in [-0.4, -0.2) is 19.3 Å². The Kier molecular flexibility index (Phi) is 6.72. The molecule has 3 aromatic heterocycles. The summed E-state index contributed by atoms with van der Waals surface area (Å²) in [6.07, 6.45) is 1.86. The van der Waals surface area contributed by atoms with Crippen molar-refractivity contribution in [3.05, 3.63) is 157 Å². The van der Waals surface area contributed by atoms with Crippen molar-refractivity contribution < 1.29 is 4.74 Å².